The third kappa shape index (κ3) is 2.65. The van der Waals surface area contributed by atoms with Gasteiger partial charge < -0.3 is 14.8 Å². The molecule has 1 amide bonds. The summed E-state index contributed by atoms with van der Waals surface area (Å²) in [6.45, 7) is 3.19. The molecular formula is C19H21N3O3. The van der Waals surface area contributed by atoms with Crippen LogP contribution < -0.4 is 14.8 Å². The van der Waals surface area contributed by atoms with Crippen LogP contribution in [-0.4, -0.2) is 29.3 Å². The van der Waals surface area contributed by atoms with Gasteiger partial charge in [-0.05, 0) is 49.8 Å². The topological polar surface area (TPSA) is 76.2 Å². The molecule has 130 valence electrons. The van der Waals surface area contributed by atoms with Gasteiger partial charge in [0.05, 0.1) is 0 Å². The lowest BCUT2D eigenvalue weighted by Crippen LogP contribution is -2.16. The number of anilines is 1. The number of nitrogens with one attached hydrogen (secondary N) is 2. The second-order valence-corrected chi connectivity index (χ2v) is 7.23. The molecule has 25 heavy (non-hydrogen) atoms. The van der Waals surface area contributed by atoms with Gasteiger partial charge in [-0.2, -0.15) is 5.10 Å². The van der Waals surface area contributed by atoms with E-state index in [4.69, 9.17) is 9.47 Å². The first kappa shape index (κ1) is 14.8. The molecule has 0 spiro atoms. The number of hydrogen-bond donors (Lipinski definition) is 2. The Labute approximate surface area is 145 Å². The number of aromatic amines is 1. The van der Waals surface area contributed by atoms with E-state index in [0.717, 1.165) is 29.0 Å². The lowest BCUT2D eigenvalue weighted by atomic mass is 10.1. The largest absolute Gasteiger partial charge is 0.486 e. The highest BCUT2D eigenvalue weighted by Crippen LogP contribution is 2.50. The minimum Gasteiger partial charge on any atom is -0.486 e. The van der Waals surface area contributed by atoms with Crippen molar-refractivity contribution in [3.63, 3.8) is 0 Å². The highest BCUT2D eigenvalue weighted by atomic mass is 16.6. The van der Waals surface area contributed by atoms with Gasteiger partial charge in [0.2, 0.25) is 5.91 Å². The van der Waals surface area contributed by atoms with Crippen molar-refractivity contribution >= 4 is 11.7 Å². The van der Waals surface area contributed by atoms with Gasteiger partial charge in [-0.3, -0.25) is 9.89 Å². The Bertz CT molecular complexity index is 840. The van der Waals surface area contributed by atoms with Crippen LogP contribution in [0.1, 0.15) is 47.9 Å². The van der Waals surface area contributed by atoms with Gasteiger partial charge >= 0.3 is 0 Å². The minimum atomic E-state index is 0.00281. The molecule has 2 aromatic rings. The van der Waals surface area contributed by atoms with Crippen molar-refractivity contribution in [2.75, 3.05) is 18.5 Å². The molecule has 0 unspecified atom stereocenters. The van der Waals surface area contributed by atoms with Crippen molar-refractivity contribution in [1.82, 2.24) is 10.2 Å². The van der Waals surface area contributed by atoms with Crippen LogP contribution in [0, 0.1) is 12.8 Å². The van der Waals surface area contributed by atoms with Crippen molar-refractivity contribution in [3.05, 3.63) is 35.0 Å². The minimum absolute atomic E-state index is 0.00281. The molecule has 3 aliphatic rings. The average Bonchev–Trinajstić information content (AvgIpc) is 3.54. The van der Waals surface area contributed by atoms with Crippen molar-refractivity contribution in [2.24, 2.45) is 5.92 Å². The zero-order valence-electron chi connectivity index (χ0n) is 14.2. The Hall–Kier alpha value is -2.50. The summed E-state index contributed by atoms with van der Waals surface area (Å²) in [5.74, 6) is 3.16. The predicted octanol–water partition coefficient (Wildman–Crippen LogP) is 3.11. The lowest BCUT2D eigenvalue weighted by Gasteiger charge is -2.18. The number of fused-ring (bicyclic) bond motifs is 1. The number of nitrogens with zero attached hydrogens (tertiary/aromatic N) is 1. The summed E-state index contributed by atoms with van der Waals surface area (Å²) in [5.41, 5.74) is 3.39. The SMILES string of the molecule is Cc1c(NC(=O)[C@H]2C[C@H]2c2ccc3c(c2)OCCO3)n[nH]c1C1CC1. The van der Waals surface area contributed by atoms with E-state index >= 15 is 0 Å². The summed E-state index contributed by atoms with van der Waals surface area (Å²) in [4.78, 5) is 12.6. The number of rotatable bonds is 4. The molecule has 1 aliphatic heterocycles. The Morgan fingerprint density at radius 1 is 1.24 bits per heavy atom. The average molecular weight is 339 g/mol. The van der Waals surface area contributed by atoms with Crippen LogP contribution in [0.3, 0.4) is 0 Å². The Balaban J connectivity index is 1.27. The van der Waals surface area contributed by atoms with Gasteiger partial charge in [-0.15, -0.1) is 0 Å². The number of carbonyl (C=O) groups is 1. The molecule has 6 nitrogen and oxygen atoms in total. The predicted molar refractivity (Wildman–Crippen MR) is 92.2 cm³/mol. The maximum atomic E-state index is 12.6. The number of amides is 1. The summed E-state index contributed by atoms with van der Waals surface area (Å²) < 4.78 is 11.2. The van der Waals surface area contributed by atoms with E-state index in [9.17, 15) is 4.79 Å². The molecule has 2 fully saturated rings. The normalized spacial score (nSPS) is 24.0. The second-order valence-electron chi connectivity index (χ2n) is 7.23. The van der Waals surface area contributed by atoms with Crippen molar-refractivity contribution in [1.29, 1.82) is 0 Å². The van der Waals surface area contributed by atoms with Crippen LogP contribution in [0.25, 0.3) is 0 Å². The summed E-state index contributed by atoms with van der Waals surface area (Å²) in [6.07, 6.45) is 3.29. The van der Waals surface area contributed by atoms with Gasteiger partial charge in [0.1, 0.15) is 13.2 Å². The van der Waals surface area contributed by atoms with E-state index in [-0.39, 0.29) is 17.7 Å². The lowest BCUT2D eigenvalue weighted by molar-refractivity contribution is -0.117. The fourth-order valence-electron chi connectivity index (χ4n) is 3.66. The van der Waals surface area contributed by atoms with Crippen molar-refractivity contribution in [3.8, 4) is 11.5 Å². The molecule has 2 N–H and O–H groups in total. The molecule has 0 saturated heterocycles. The molecule has 0 radical (unpaired) electrons. The number of benzene rings is 1. The van der Waals surface area contributed by atoms with Crippen LogP contribution in [0.5, 0.6) is 11.5 Å². The summed E-state index contributed by atoms with van der Waals surface area (Å²) in [5, 5.41) is 10.4. The number of ether oxygens (including phenoxy) is 2. The fraction of sp³-hybridized carbons (Fsp3) is 0.474. The van der Waals surface area contributed by atoms with Gasteiger partial charge in [-0.1, -0.05) is 6.07 Å². The van der Waals surface area contributed by atoms with Crippen molar-refractivity contribution < 1.29 is 14.3 Å². The van der Waals surface area contributed by atoms with Crippen molar-refractivity contribution in [2.45, 2.75) is 38.0 Å². The molecule has 1 aromatic heterocycles. The van der Waals surface area contributed by atoms with Crippen LogP contribution in [0.15, 0.2) is 18.2 Å². The molecule has 2 aliphatic carbocycles. The van der Waals surface area contributed by atoms with Gasteiger partial charge in [0, 0.05) is 23.1 Å². The molecule has 5 rings (SSSR count). The molecule has 6 heteroatoms. The number of aromatic nitrogens is 2. The third-order valence-corrected chi connectivity index (χ3v) is 5.40. The molecule has 2 saturated carbocycles. The fourth-order valence-corrected chi connectivity index (χ4v) is 3.66. The molecular weight excluding hydrogens is 318 g/mol. The first-order valence-electron chi connectivity index (χ1n) is 8.96. The van der Waals surface area contributed by atoms with E-state index < -0.39 is 0 Å². The van der Waals surface area contributed by atoms with E-state index in [1.54, 1.807) is 0 Å². The molecule has 2 atom stereocenters. The van der Waals surface area contributed by atoms with Crippen LogP contribution in [0.4, 0.5) is 5.82 Å². The molecule has 1 aromatic carbocycles. The highest BCUT2D eigenvalue weighted by molar-refractivity contribution is 5.95. The van der Waals surface area contributed by atoms with Gasteiger partial charge in [0.25, 0.3) is 0 Å². The maximum Gasteiger partial charge on any atom is 0.229 e. The van der Waals surface area contributed by atoms with Gasteiger partial charge in [-0.25, -0.2) is 0 Å². The Morgan fingerprint density at radius 3 is 2.84 bits per heavy atom. The van der Waals surface area contributed by atoms with Crippen LogP contribution in [0.2, 0.25) is 0 Å². The number of carbonyl (C=O) groups excluding carboxylic acids is 1. The van der Waals surface area contributed by atoms with Crippen LogP contribution in [-0.2, 0) is 4.79 Å². The molecule has 2 heterocycles. The third-order valence-electron chi connectivity index (χ3n) is 5.40. The zero-order valence-corrected chi connectivity index (χ0v) is 14.2. The first-order valence-corrected chi connectivity index (χ1v) is 8.96. The Kier molecular flexibility index (Phi) is 3.26. The zero-order chi connectivity index (χ0) is 17.0. The van der Waals surface area contributed by atoms with Crippen LogP contribution >= 0.6 is 0 Å². The monoisotopic (exact) mass is 339 g/mol. The summed E-state index contributed by atoms with van der Waals surface area (Å²) >= 11 is 0. The Morgan fingerprint density at radius 2 is 2.04 bits per heavy atom. The number of hydrogen-bond acceptors (Lipinski definition) is 4. The summed E-state index contributed by atoms with van der Waals surface area (Å²) in [7, 11) is 0. The standard InChI is InChI=1S/C19H21N3O3/c1-10-17(11-2-3-11)21-22-18(10)20-19(23)14-9-13(14)12-4-5-15-16(8-12)25-7-6-24-15/h4-5,8,11,13-14H,2-3,6-7,9H2,1H3,(H2,20,21,22,23)/t13-,14-/m0/s1. The van der Waals surface area contributed by atoms with E-state index in [0.29, 0.717) is 24.9 Å². The molecule has 0 bridgehead atoms. The maximum absolute atomic E-state index is 12.6. The highest BCUT2D eigenvalue weighted by Gasteiger charge is 2.44. The number of H-pyrrole nitrogens is 1. The van der Waals surface area contributed by atoms with Gasteiger partial charge in [0.15, 0.2) is 17.3 Å². The van der Waals surface area contributed by atoms with E-state index in [1.807, 2.05) is 25.1 Å². The first-order chi connectivity index (χ1) is 12.2. The van der Waals surface area contributed by atoms with E-state index in [2.05, 4.69) is 15.5 Å². The quantitative estimate of drug-likeness (QED) is 0.897. The second kappa shape index (κ2) is 5.51. The summed E-state index contributed by atoms with van der Waals surface area (Å²) in [6, 6.07) is 5.99. The smallest absolute Gasteiger partial charge is 0.229 e. The van der Waals surface area contributed by atoms with E-state index in [1.165, 1.54) is 18.5 Å².